The van der Waals surface area contributed by atoms with Gasteiger partial charge >= 0.3 is 6.18 Å². The Hall–Kier alpha value is -1.37. The van der Waals surface area contributed by atoms with E-state index in [9.17, 15) is 22.0 Å². The van der Waals surface area contributed by atoms with Crippen LogP contribution < -0.4 is 10.2 Å². The van der Waals surface area contributed by atoms with Gasteiger partial charge in [0.1, 0.15) is 11.6 Å². The lowest BCUT2D eigenvalue weighted by atomic mass is 10.1. The zero-order valence-electron chi connectivity index (χ0n) is 9.97. The quantitative estimate of drug-likeness (QED) is 0.795. The second kappa shape index (κ2) is 5.32. The molecular weight excluding hydrogens is 267 g/mol. The highest BCUT2D eigenvalue weighted by Gasteiger charge is 2.41. The van der Waals surface area contributed by atoms with Gasteiger partial charge < -0.3 is 10.2 Å². The van der Waals surface area contributed by atoms with Gasteiger partial charge in [0.05, 0.1) is 11.6 Å². The summed E-state index contributed by atoms with van der Waals surface area (Å²) >= 11 is 0. The number of hydrogen-bond acceptors (Lipinski definition) is 2. The first-order chi connectivity index (χ1) is 8.88. The lowest BCUT2D eigenvalue weighted by Gasteiger charge is -2.27. The van der Waals surface area contributed by atoms with Gasteiger partial charge in [-0.2, -0.15) is 13.2 Å². The molecule has 1 aliphatic rings. The maximum absolute atomic E-state index is 13.6. The molecule has 0 bridgehead atoms. The number of hydrogen-bond donors (Lipinski definition) is 1. The van der Waals surface area contributed by atoms with Crippen molar-refractivity contribution in [3.05, 3.63) is 29.8 Å². The summed E-state index contributed by atoms with van der Waals surface area (Å²) in [5.41, 5.74) is -0.000602. The van der Waals surface area contributed by atoms with Crippen molar-refractivity contribution >= 4 is 5.69 Å². The summed E-state index contributed by atoms with van der Waals surface area (Å²) in [7, 11) is 0. The van der Waals surface area contributed by atoms with Crippen molar-refractivity contribution in [3.8, 4) is 0 Å². The third-order valence-corrected chi connectivity index (χ3v) is 3.10. The predicted molar refractivity (Wildman–Crippen MR) is 61.0 cm³/mol. The minimum absolute atomic E-state index is 0.000602. The second-order valence-corrected chi connectivity index (χ2v) is 4.48. The van der Waals surface area contributed by atoms with Gasteiger partial charge in [0.15, 0.2) is 0 Å². The first-order valence-electron chi connectivity index (χ1n) is 5.85. The molecule has 0 radical (unpaired) electrons. The number of benzene rings is 1. The normalized spacial score (nSPS) is 21.3. The van der Waals surface area contributed by atoms with Crippen molar-refractivity contribution in [2.75, 3.05) is 31.1 Å². The monoisotopic (exact) mass is 280 g/mol. The Morgan fingerprint density at radius 1 is 1.21 bits per heavy atom. The zero-order chi connectivity index (χ0) is 14.0. The van der Waals surface area contributed by atoms with Gasteiger partial charge in [0, 0.05) is 32.2 Å². The fourth-order valence-corrected chi connectivity index (χ4v) is 2.09. The third-order valence-electron chi connectivity index (χ3n) is 3.10. The smallest absolute Gasteiger partial charge is 0.367 e. The molecule has 1 fully saturated rings. The number of anilines is 1. The van der Waals surface area contributed by atoms with E-state index in [-0.39, 0.29) is 25.3 Å². The average molecular weight is 280 g/mol. The van der Waals surface area contributed by atoms with E-state index in [1.165, 1.54) is 11.0 Å². The summed E-state index contributed by atoms with van der Waals surface area (Å²) in [5, 5.41) is 2.68. The molecule has 1 N–H and O–H groups in total. The lowest BCUT2D eigenvalue weighted by molar-refractivity contribution is -0.169. The topological polar surface area (TPSA) is 15.3 Å². The van der Waals surface area contributed by atoms with E-state index < -0.39 is 23.7 Å². The van der Waals surface area contributed by atoms with E-state index in [0.29, 0.717) is 12.6 Å². The molecule has 2 nitrogen and oxygen atoms in total. The van der Waals surface area contributed by atoms with Crippen molar-refractivity contribution in [1.82, 2.24) is 5.32 Å². The Kier molecular flexibility index (Phi) is 3.93. The molecule has 19 heavy (non-hydrogen) atoms. The number of rotatable bonds is 1. The van der Waals surface area contributed by atoms with E-state index in [1.54, 1.807) is 0 Å². The molecule has 2 rings (SSSR count). The van der Waals surface area contributed by atoms with Crippen molar-refractivity contribution in [1.29, 1.82) is 0 Å². The number of halogens is 5. The highest BCUT2D eigenvalue weighted by Crippen LogP contribution is 2.30. The van der Waals surface area contributed by atoms with Crippen molar-refractivity contribution in [2.45, 2.75) is 6.18 Å². The molecule has 0 aromatic heterocycles. The van der Waals surface area contributed by atoms with E-state index in [0.717, 1.165) is 6.07 Å². The van der Waals surface area contributed by atoms with Crippen LogP contribution in [0, 0.1) is 17.6 Å². The minimum Gasteiger partial charge on any atom is -0.367 e. The molecule has 1 heterocycles. The Morgan fingerprint density at radius 3 is 2.58 bits per heavy atom. The van der Waals surface area contributed by atoms with Gasteiger partial charge in [-0.3, -0.25) is 0 Å². The van der Waals surface area contributed by atoms with E-state index in [1.807, 2.05) is 0 Å². The molecule has 0 amide bonds. The van der Waals surface area contributed by atoms with Gasteiger partial charge in [-0.05, 0) is 12.1 Å². The van der Waals surface area contributed by atoms with Crippen LogP contribution in [0.1, 0.15) is 0 Å². The number of nitrogens with zero attached hydrogens (tertiary/aromatic N) is 1. The highest BCUT2D eigenvalue weighted by molar-refractivity contribution is 5.48. The van der Waals surface area contributed by atoms with E-state index in [2.05, 4.69) is 5.32 Å². The Labute approximate surface area is 107 Å². The van der Waals surface area contributed by atoms with Gasteiger partial charge in [-0.15, -0.1) is 0 Å². The predicted octanol–water partition coefficient (Wildman–Crippen LogP) is 2.55. The second-order valence-electron chi connectivity index (χ2n) is 4.48. The van der Waals surface area contributed by atoms with Crippen LogP contribution in [0.15, 0.2) is 18.2 Å². The average Bonchev–Trinajstić information content (AvgIpc) is 2.54. The minimum atomic E-state index is -4.34. The molecule has 1 atom stereocenters. The van der Waals surface area contributed by atoms with Crippen LogP contribution >= 0.6 is 0 Å². The summed E-state index contributed by atoms with van der Waals surface area (Å²) < 4.78 is 64.7. The largest absolute Gasteiger partial charge is 0.394 e. The van der Waals surface area contributed by atoms with Crippen LogP contribution in [0.3, 0.4) is 0 Å². The summed E-state index contributed by atoms with van der Waals surface area (Å²) in [5.74, 6) is -3.16. The Bertz CT molecular complexity index is 446. The molecule has 0 saturated carbocycles. The fourth-order valence-electron chi connectivity index (χ4n) is 2.09. The van der Waals surface area contributed by atoms with Gasteiger partial charge in [0.2, 0.25) is 0 Å². The Morgan fingerprint density at radius 2 is 1.95 bits per heavy atom. The summed E-state index contributed by atoms with van der Waals surface area (Å²) in [6, 6.07) is 2.89. The van der Waals surface area contributed by atoms with Crippen LogP contribution in [0.4, 0.5) is 27.6 Å². The molecule has 1 saturated heterocycles. The van der Waals surface area contributed by atoms with Gasteiger partial charge in [-0.1, -0.05) is 0 Å². The number of nitrogens with one attached hydrogen (secondary N) is 1. The maximum Gasteiger partial charge on any atom is 0.394 e. The van der Waals surface area contributed by atoms with Crippen LogP contribution in [-0.2, 0) is 0 Å². The van der Waals surface area contributed by atoms with Crippen molar-refractivity contribution in [2.24, 2.45) is 5.92 Å². The molecule has 1 aromatic rings. The molecule has 106 valence electrons. The zero-order valence-corrected chi connectivity index (χ0v) is 9.97. The van der Waals surface area contributed by atoms with Crippen molar-refractivity contribution in [3.63, 3.8) is 0 Å². The molecular formula is C12H13F5N2. The molecule has 1 aliphatic heterocycles. The van der Waals surface area contributed by atoms with Gasteiger partial charge in [0.25, 0.3) is 0 Å². The van der Waals surface area contributed by atoms with Gasteiger partial charge in [-0.25, -0.2) is 8.78 Å². The van der Waals surface area contributed by atoms with Crippen LogP contribution in [0.25, 0.3) is 0 Å². The molecule has 0 aliphatic carbocycles. The van der Waals surface area contributed by atoms with E-state index in [4.69, 9.17) is 0 Å². The third kappa shape index (κ3) is 3.34. The summed E-state index contributed by atoms with van der Waals surface area (Å²) in [6.45, 7) is 0.0421. The molecule has 1 unspecified atom stereocenters. The first kappa shape index (κ1) is 14.0. The van der Waals surface area contributed by atoms with Crippen molar-refractivity contribution < 1.29 is 22.0 Å². The van der Waals surface area contributed by atoms with Crippen LogP contribution in [0.5, 0.6) is 0 Å². The lowest BCUT2D eigenvalue weighted by Crippen LogP contribution is -2.38. The highest BCUT2D eigenvalue weighted by atomic mass is 19.4. The number of alkyl halides is 3. The SMILES string of the molecule is Fc1ccc(N2CCNCC(C(F)(F)F)C2)c(F)c1. The Balaban J connectivity index is 2.22. The molecule has 0 spiro atoms. The molecule has 1 aromatic carbocycles. The van der Waals surface area contributed by atoms with Crippen LogP contribution in [-0.4, -0.2) is 32.4 Å². The maximum atomic E-state index is 13.6. The summed E-state index contributed by atoms with van der Waals surface area (Å²) in [4.78, 5) is 1.30. The van der Waals surface area contributed by atoms with E-state index >= 15 is 0 Å². The standard InChI is InChI=1S/C12H13F5N2/c13-9-1-2-11(10(14)5-9)19-4-3-18-6-8(7-19)12(15,16)17/h1-2,5,8,18H,3-4,6-7H2. The molecule has 7 heteroatoms. The fraction of sp³-hybridized carbons (Fsp3) is 0.500. The first-order valence-corrected chi connectivity index (χ1v) is 5.85. The summed E-state index contributed by atoms with van der Waals surface area (Å²) in [6.07, 6.45) is -4.34. The van der Waals surface area contributed by atoms with Crippen LogP contribution in [0.2, 0.25) is 0 Å².